The van der Waals surface area contributed by atoms with Crippen LogP contribution in [0.25, 0.3) is 26.7 Å². The van der Waals surface area contributed by atoms with Gasteiger partial charge in [0.2, 0.25) is 5.76 Å². The number of aromatic nitrogens is 1. The Morgan fingerprint density at radius 2 is 1.94 bits per heavy atom. The Morgan fingerprint density at radius 1 is 1.09 bits per heavy atom. The van der Waals surface area contributed by atoms with Crippen molar-refractivity contribution >= 4 is 39.2 Å². The maximum atomic E-state index is 11.1. The monoisotopic (exact) mass is 442 g/mol. The Balaban J connectivity index is 1.11. The Morgan fingerprint density at radius 3 is 2.73 bits per heavy atom. The number of aromatic amines is 1. The van der Waals surface area contributed by atoms with E-state index >= 15 is 0 Å². The maximum Gasteiger partial charge on any atom is 0.371 e. The van der Waals surface area contributed by atoms with E-state index in [9.17, 15) is 4.79 Å². The van der Waals surface area contributed by atoms with Gasteiger partial charge in [-0.15, -0.1) is 0 Å². The van der Waals surface area contributed by atoms with E-state index in [0.717, 1.165) is 68.6 Å². The molecule has 7 heteroatoms. The summed E-state index contributed by atoms with van der Waals surface area (Å²) in [6.07, 6.45) is 5.37. The smallest absolute Gasteiger partial charge is 0.371 e. The van der Waals surface area contributed by atoms with Crippen molar-refractivity contribution in [3.8, 4) is 0 Å². The van der Waals surface area contributed by atoms with Crippen molar-refractivity contribution in [2.75, 3.05) is 37.6 Å². The predicted molar refractivity (Wildman–Crippen MR) is 129 cm³/mol. The average molecular weight is 443 g/mol. The molecule has 0 bridgehead atoms. The van der Waals surface area contributed by atoms with E-state index in [1.807, 2.05) is 36.4 Å². The zero-order chi connectivity index (χ0) is 22.8. The van der Waals surface area contributed by atoms with Crippen molar-refractivity contribution < 1.29 is 14.3 Å². The fourth-order valence-corrected chi connectivity index (χ4v) is 4.66. The highest BCUT2D eigenvalue weighted by Crippen LogP contribution is 2.27. The lowest BCUT2D eigenvalue weighted by molar-refractivity contribution is 0.0665. The molecule has 3 heterocycles. The summed E-state index contributed by atoms with van der Waals surface area (Å²) in [5, 5.41) is 11.1. The molecule has 2 aromatic carbocycles. The lowest BCUT2D eigenvalue weighted by Gasteiger charge is -2.36. The van der Waals surface area contributed by atoms with Gasteiger partial charge < -0.3 is 19.4 Å². The van der Waals surface area contributed by atoms with Gasteiger partial charge in [-0.25, -0.2) is 9.64 Å². The summed E-state index contributed by atoms with van der Waals surface area (Å²) in [6.45, 7) is 12.3. The Labute approximate surface area is 192 Å². The quantitative estimate of drug-likeness (QED) is 0.300. The minimum absolute atomic E-state index is 0.0218. The van der Waals surface area contributed by atoms with E-state index in [0.29, 0.717) is 11.3 Å². The number of benzene rings is 2. The van der Waals surface area contributed by atoms with Crippen molar-refractivity contribution in [1.29, 1.82) is 0 Å². The number of aromatic carboxylic acids is 1. The molecule has 2 aromatic heterocycles. The third kappa shape index (κ3) is 4.43. The van der Waals surface area contributed by atoms with Gasteiger partial charge in [0.25, 0.3) is 0 Å². The average Bonchev–Trinajstić information content (AvgIpc) is 3.45. The Kier molecular flexibility index (Phi) is 5.76. The van der Waals surface area contributed by atoms with Crippen LogP contribution in [-0.4, -0.2) is 53.7 Å². The van der Waals surface area contributed by atoms with Crippen molar-refractivity contribution in [3.63, 3.8) is 0 Å². The summed E-state index contributed by atoms with van der Waals surface area (Å²) in [4.78, 5) is 22.9. The van der Waals surface area contributed by atoms with Crippen LogP contribution in [-0.2, 0) is 6.42 Å². The van der Waals surface area contributed by atoms with Gasteiger partial charge in [0, 0.05) is 49.0 Å². The van der Waals surface area contributed by atoms with Gasteiger partial charge in [0.05, 0.1) is 6.57 Å². The summed E-state index contributed by atoms with van der Waals surface area (Å²) < 4.78 is 5.36. The van der Waals surface area contributed by atoms with Gasteiger partial charge in [-0.05, 0) is 73.2 Å². The first-order valence-electron chi connectivity index (χ1n) is 11.3. The van der Waals surface area contributed by atoms with E-state index in [1.165, 1.54) is 10.9 Å². The van der Waals surface area contributed by atoms with E-state index in [4.69, 9.17) is 16.1 Å². The van der Waals surface area contributed by atoms with Crippen LogP contribution in [0.15, 0.2) is 53.1 Å². The van der Waals surface area contributed by atoms with Crippen LogP contribution in [0, 0.1) is 6.57 Å². The number of hydrogen-bond acceptors (Lipinski definition) is 4. The number of furan rings is 1. The number of unbranched alkanes of at least 4 members (excludes halogenated alkanes) is 1. The van der Waals surface area contributed by atoms with Gasteiger partial charge in [0.15, 0.2) is 5.69 Å². The number of H-pyrrole nitrogens is 1. The lowest BCUT2D eigenvalue weighted by Crippen LogP contribution is -2.46. The Hall–Kier alpha value is -3.76. The molecule has 7 nitrogen and oxygen atoms in total. The van der Waals surface area contributed by atoms with Crippen LogP contribution >= 0.6 is 0 Å². The number of rotatable bonds is 7. The first kappa shape index (κ1) is 21.1. The third-order valence-electron chi connectivity index (χ3n) is 6.50. The third-order valence-corrected chi connectivity index (χ3v) is 6.50. The SMILES string of the molecule is [C-]#[N+]c1ccc2[nH]cc(CCCCN3CCN(c4ccc5oc(C(=O)O)cc5c4)CC3)c2c1. The van der Waals surface area contributed by atoms with Gasteiger partial charge in [-0.2, -0.15) is 0 Å². The molecule has 0 spiro atoms. The normalized spacial score (nSPS) is 14.7. The van der Waals surface area contributed by atoms with Crippen LogP contribution in [0.5, 0.6) is 0 Å². The van der Waals surface area contributed by atoms with Gasteiger partial charge >= 0.3 is 5.97 Å². The molecule has 0 aliphatic carbocycles. The summed E-state index contributed by atoms with van der Waals surface area (Å²) in [5.74, 6) is -1.06. The fraction of sp³-hybridized carbons (Fsp3) is 0.308. The zero-order valence-electron chi connectivity index (χ0n) is 18.4. The first-order chi connectivity index (χ1) is 16.1. The minimum atomic E-state index is -1.04. The molecule has 1 fully saturated rings. The molecular formula is C26H26N4O3. The highest BCUT2D eigenvalue weighted by Gasteiger charge is 2.18. The van der Waals surface area contributed by atoms with Gasteiger partial charge in [0.1, 0.15) is 5.58 Å². The van der Waals surface area contributed by atoms with Crippen molar-refractivity contribution in [3.05, 3.63) is 71.4 Å². The zero-order valence-corrected chi connectivity index (χ0v) is 18.4. The van der Waals surface area contributed by atoms with Crippen LogP contribution in [0.1, 0.15) is 29.0 Å². The van der Waals surface area contributed by atoms with Gasteiger partial charge in [-0.1, -0.05) is 6.07 Å². The molecule has 33 heavy (non-hydrogen) atoms. The van der Waals surface area contributed by atoms with Crippen LogP contribution in [0.4, 0.5) is 11.4 Å². The van der Waals surface area contributed by atoms with Gasteiger partial charge in [-0.3, -0.25) is 4.90 Å². The second-order valence-corrected chi connectivity index (χ2v) is 8.58. The molecule has 1 aliphatic rings. The van der Waals surface area contributed by atoms with Crippen LogP contribution in [0.2, 0.25) is 0 Å². The number of carboxylic acids is 1. The number of fused-ring (bicyclic) bond motifs is 2. The lowest BCUT2D eigenvalue weighted by atomic mass is 10.1. The number of carbonyl (C=O) groups is 1. The molecule has 1 saturated heterocycles. The molecule has 168 valence electrons. The predicted octanol–water partition coefficient (Wildman–Crippen LogP) is 5.31. The summed E-state index contributed by atoms with van der Waals surface area (Å²) in [5.41, 5.74) is 4.80. The van der Waals surface area contributed by atoms with E-state index in [1.54, 1.807) is 6.07 Å². The van der Waals surface area contributed by atoms with Crippen molar-refractivity contribution in [1.82, 2.24) is 9.88 Å². The number of nitrogens with one attached hydrogen (secondary N) is 1. The molecule has 0 radical (unpaired) electrons. The minimum Gasteiger partial charge on any atom is -0.475 e. The molecule has 1 aliphatic heterocycles. The van der Waals surface area contributed by atoms with Crippen molar-refractivity contribution in [2.24, 2.45) is 0 Å². The first-order valence-corrected chi connectivity index (χ1v) is 11.3. The second kappa shape index (κ2) is 9.00. The molecule has 0 saturated carbocycles. The molecule has 0 atom stereocenters. The van der Waals surface area contributed by atoms with Crippen LogP contribution in [0.3, 0.4) is 0 Å². The molecule has 0 unspecified atom stereocenters. The standard InChI is InChI=1S/C26H26N4O3/c1-27-20-5-7-23-22(16-20)18(17-28-23)4-2-3-9-29-10-12-30(13-11-29)21-6-8-24-19(14-21)15-25(33-24)26(31)32/h5-8,14-17,28H,2-4,9-13H2,(H,31,32). The molecular weight excluding hydrogens is 416 g/mol. The summed E-state index contributed by atoms with van der Waals surface area (Å²) >= 11 is 0. The van der Waals surface area contributed by atoms with E-state index < -0.39 is 5.97 Å². The molecule has 5 rings (SSSR count). The number of aryl methyl sites for hydroxylation is 1. The molecule has 0 amide bonds. The number of hydrogen-bond donors (Lipinski definition) is 2. The number of nitrogens with zero attached hydrogens (tertiary/aromatic N) is 3. The number of carboxylic acid groups (broad SMARTS) is 1. The highest BCUT2D eigenvalue weighted by atomic mass is 16.4. The highest BCUT2D eigenvalue weighted by molar-refractivity contribution is 5.92. The second-order valence-electron chi connectivity index (χ2n) is 8.58. The van der Waals surface area contributed by atoms with E-state index in [2.05, 4.69) is 25.8 Å². The Bertz CT molecular complexity index is 1340. The van der Waals surface area contributed by atoms with Crippen molar-refractivity contribution in [2.45, 2.75) is 19.3 Å². The maximum absolute atomic E-state index is 11.1. The molecule has 2 N–H and O–H groups in total. The number of anilines is 1. The molecule has 4 aromatic rings. The van der Waals surface area contributed by atoms with Crippen LogP contribution < -0.4 is 4.90 Å². The summed E-state index contributed by atoms with van der Waals surface area (Å²) in [7, 11) is 0. The topological polar surface area (TPSA) is 77.1 Å². The fourth-order valence-electron chi connectivity index (χ4n) is 4.66. The summed E-state index contributed by atoms with van der Waals surface area (Å²) in [6, 6.07) is 13.3. The largest absolute Gasteiger partial charge is 0.475 e. The number of piperazine rings is 1. The van der Waals surface area contributed by atoms with E-state index in [-0.39, 0.29) is 5.76 Å².